The first-order valence-electron chi connectivity index (χ1n) is 8.97. The molecule has 0 aromatic rings. The summed E-state index contributed by atoms with van der Waals surface area (Å²) in [5.41, 5.74) is 0. The van der Waals surface area contributed by atoms with Gasteiger partial charge in [0.1, 0.15) is 0 Å². The van der Waals surface area contributed by atoms with E-state index >= 15 is 0 Å². The third kappa shape index (κ3) is 5.38. The van der Waals surface area contributed by atoms with Gasteiger partial charge in [-0.15, -0.1) is 0 Å². The third-order valence-electron chi connectivity index (χ3n) is 4.92. The first kappa shape index (κ1) is 21.7. The van der Waals surface area contributed by atoms with Gasteiger partial charge >= 0.3 is 9.28 Å². The summed E-state index contributed by atoms with van der Waals surface area (Å²) in [5, 5.41) is 0. The zero-order chi connectivity index (χ0) is 16.4. The lowest BCUT2D eigenvalue weighted by atomic mass is 10.4. The van der Waals surface area contributed by atoms with Gasteiger partial charge in [-0.3, -0.25) is 0 Å². The van der Waals surface area contributed by atoms with Crippen molar-refractivity contribution in [3.63, 3.8) is 0 Å². The van der Waals surface area contributed by atoms with Crippen LogP contribution >= 0.6 is 12.6 Å². The Bertz CT molecular complexity index is 246. The summed E-state index contributed by atoms with van der Waals surface area (Å²) in [6, 6.07) is 3.87. The fourth-order valence-electron chi connectivity index (χ4n) is 3.46. The lowest BCUT2D eigenvalue weighted by Crippen LogP contribution is -2.64. The van der Waals surface area contributed by atoms with E-state index in [1.54, 1.807) is 0 Å². The van der Waals surface area contributed by atoms with Crippen molar-refractivity contribution in [3.05, 3.63) is 0 Å². The van der Waals surface area contributed by atoms with Crippen molar-refractivity contribution in [2.24, 2.45) is 0 Å². The van der Waals surface area contributed by atoms with Crippen LogP contribution in [0.2, 0.25) is 18.1 Å². The second kappa shape index (κ2) is 11.3. The van der Waals surface area contributed by atoms with Crippen molar-refractivity contribution in [2.75, 3.05) is 13.2 Å². The molecule has 1 atom stereocenters. The first-order chi connectivity index (χ1) is 10.0. The van der Waals surface area contributed by atoms with Crippen LogP contribution in [-0.4, -0.2) is 34.6 Å². The predicted molar refractivity (Wildman–Crippen MR) is 103 cm³/mol. The summed E-state index contributed by atoms with van der Waals surface area (Å²) >= 11 is 5.33. The van der Waals surface area contributed by atoms with Crippen molar-refractivity contribution < 1.29 is 8.85 Å². The molecule has 0 saturated carbocycles. The Kier molecular flexibility index (Phi) is 11.6. The van der Waals surface area contributed by atoms with Crippen LogP contribution in [0.25, 0.3) is 0 Å². The monoisotopic (exact) mass is 350 g/mol. The van der Waals surface area contributed by atoms with Crippen LogP contribution in [0.3, 0.4) is 0 Å². The molecule has 0 aliphatic heterocycles. The van der Waals surface area contributed by atoms with Gasteiger partial charge in [-0.1, -0.05) is 66.1 Å². The third-order valence-corrected chi connectivity index (χ3v) is 18.0. The average molecular weight is 351 g/mol. The molecule has 2 nitrogen and oxygen atoms in total. The van der Waals surface area contributed by atoms with Gasteiger partial charge in [0.25, 0.3) is 0 Å². The standard InChI is InChI=1S/C16H38O2SSi2/c1-7-13-16(19,21(10-4,11-5)12-6)20(17-14-8-2)18-15-9-3/h19-20H,7-15H2,1-6H3/t16-/m1/s1. The fraction of sp³-hybridized carbons (Fsp3) is 1.00. The zero-order valence-corrected chi connectivity index (χ0v) is 18.3. The largest absolute Gasteiger partial charge is 0.396 e. The minimum Gasteiger partial charge on any atom is -0.396 e. The lowest BCUT2D eigenvalue weighted by molar-refractivity contribution is 0.189. The Morgan fingerprint density at radius 2 is 1.24 bits per heavy atom. The molecule has 0 aromatic heterocycles. The summed E-state index contributed by atoms with van der Waals surface area (Å²) < 4.78 is 12.7. The number of hydrogen-bond donors (Lipinski definition) is 1. The quantitative estimate of drug-likeness (QED) is 0.367. The molecule has 0 aliphatic rings. The smallest absolute Gasteiger partial charge is 0.334 e. The Morgan fingerprint density at radius 3 is 1.52 bits per heavy atom. The molecule has 21 heavy (non-hydrogen) atoms. The molecule has 128 valence electrons. The van der Waals surface area contributed by atoms with E-state index in [0.29, 0.717) is 0 Å². The Labute approximate surface area is 141 Å². The Balaban J connectivity index is 5.48. The summed E-state index contributed by atoms with van der Waals surface area (Å²) in [7, 11) is -3.25. The van der Waals surface area contributed by atoms with Gasteiger partial charge in [0.2, 0.25) is 0 Å². The van der Waals surface area contributed by atoms with Gasteiger partial charge in [0.15, 0.2) is 0 Å². The molecule has 0 spiro atoms. The maximum absolute atomic E-state index is 6.30. The van der Waals surface area contributed by atoms with Crippen molar-refractivity contribution in [1.29, 1.82) is 0 Å². The zero-order valence-electron chi connectivity index (χ0n) is 15.2. The molecule has 0 heterocycles. The van der Waals surface area contributed by atoms with E-state index in [1.165, 1.54) is 24.6 Å². The number of thiol groups is 1. The summed E-state index contributed by atoms with van der Waals surface area (Å²) in [4.78, 5) is 0. The van der Waals surface area contributed by atoms with Crippen LogP contribution in [0.5, 0.6) is 0 Å². The maximum atomic E-state index is 6.30. The number of rotatable bonds is 13. The predicted octanol–water partition coefficient (Wildman–Crippen LogP) is 5.12. The fourth-order valence-corrected chi connectivity index (χ4v) is 16.1. The lowest BCUT2D eigenvalue weighted by Gasteiger charge is -2.48. The molecule has 0 bridgehead atoms. The van der Waals surface area contributed by atoms with Crippen molar-refractivity contribution >= 4 is 30.0 Å². The Hall–Kier alpha value is 0.704. The second-order valence-corrected chi connectivity index (χ2v) is 16.3. The molecule has 0 aliphatic carbocycles. The molecule has 0 rings (SSSR count). The highest BCUT2D eigenvalue weighted by Crippen LogP contribution is 2.42. The van der Waals surface area contributed by atoms with E-state index in [2.05, 4.69) is 41.5 Å². The van der Waals surface area contributed by atoms with Crippen LogP contribution in [-0.2, 0) is 8.85 Å². The van der Waals surface area contributed by atoms with E-state index in [0.717, 1.165) is 32.5 Å². The minimum absolute atomic E-state index is 0.0599. The van der Waals surface area contributed by atoms with Crippen molar-refractivity contribution in [1.82, 2.24) is 0 Å². The number of hydrogen-bond acceptors (Lipinski definition) is 3. The van der Waals surface area contributed by atoms with E-state index < -0.39 is 17.4 Å². The van der Waals surface area contributed by atoms with Crippen LogP contribution < -0.4 is 0 Å². The molecule has 5 heteroatoms. The molecule has 0 amide bonds. The normalized spacial score (nSPS) is 15.4. The van der Waals surface area contributed by atoms with Crippen LogP contribution in [0.15, 0.2) is 0 Å². The minimum atomic E-state index is -1.77. The summed E-state index contributed by atoms with van der Waals surface area (Å²) in [6.45, 7) is 15.4. The average Bonchev–Trinajstić information content (AvgIpc) is 2.49. The van der Waals surface area contributed by atoms with Gasteiger partial charge in [0.05, 0.1) is 8.07 Å². The SMILES string of the molecule is CCCO[SiH](OCCC)[C@](S)(CCC)[Si](CC)(CC)CC. The molecule has 0 fully saturated rings. The van der Waals surface area contributed by atoms with Gasteiger partial charge < -0.3 is 8.85 Å². The Morgan fingerprint density at radius 1 is 0.810 bits per heavy atom. The van der Waals surface area contributed by atoms with Gasteiger partial charge in [-0.2, -0.15) is 12.6 Å². The molecule has 0 saturated heterocycles. The van der Waals surface area contributed by atoms with Crippen LogP contribution in [0.4, 0.5) is 0 Å². The highest BCUT2D eigenvalue weighted by molar-refractivity contribution is 7.86. The van der Waals surface area contributed by atoms with Crippen molar-refractivity contribution in [2.45, 2.75) is 89.4 Å². The van der Waals surface area contributed by atoms with Gasteiger partial charge in [-0.05, 0) is 19.3 Å². The highest BCUT2D eigenvalue weighted by atomic mass is 32.1. The van der Waals surface area contributed by atoms with E-state index in [-0.39, 0.29) is 3.99 Å². The molecule has 0 radical (unpaired) electrons. The van der Waals surface area contributed by atoms with Crippen LogP contribution in [0, 0.1) is 0 Å². The molecule has 0 unspecified atom stereocenters. The molecule has 0 aromatic carbocycles. The van der Waals surface area contributed by atoms with E-state index in [1.807, 2.05) is 0 Å². The van der Waals surface area contributed by atoms with Gasteiger partial charge in [-0.25, -0.2) is 0 Å². The highest BCUT2D eigenvalue weighted by Gasteiger charge is 2.54. The molecule has 0 N–H and O–H groups in total. The maximum Gasteiger partial charge on any atom is 0.334 e. The summed E-state index contributed by atoms with van der Waals surface area (Å²) in [6.07, 6.45) is 4.46. The molecular weight excluding hydrogens is 312 g/mol. The van der Waals surface area contributed by atoms with Gasteiger partial charge in [0, 0.05) is 17.2 Å². The van der Waals surface area contributed by atoms with E-state index in [9.17, 15) is 0 Å². The van der Waals surface area contributed by atoms with E-state index in [4.69, 9.17) is 21.5 Å². The summed E-state index contributed by atoms with van der Waals surface area (Å²) in [5.74, 6) is 0. The molecular formula is C16H38O2SSi2. The topological polar surface area (TPSA) is 18.5 Å². The van der Waals surface area contributed by atoms with Crippen molar-refractivity contribution in [3.8, 4) is 0 Å². The first-order valence-corrected chi connectivity index (χ1v) is 13.6. The second-order valence-electron chi connectivity index (χ2n) is 6.09. The van der Waals surface area contributed by atoms with Crippen LogP contribution in [0.1, 0.15) is 67.2 Å².